The summed E-state index contributed by atoms with van der Waals surface area (Å²) in [5, 5.41) is 2.90. The number of nitrogens with one attached hydrogen (secondary N) is 1. The van der Waals surface area contributed by atoms with Gasteiger partial charge in [-0.25, -0.2) is 8.42 Å². The fourth-order valence-corrected chi connectivity index (χ4v) is 4.97. The van der Waals surface area contributed by atoms with Crippen molar-refractivity contribution >= 4 is 15.9 Å². The molecule has 0 aliphatic carbocycles. The van der Waals surface area contributed by atoms with Crippen molar-refractivity contribution in [2.75, 3.05) is 13.1 Å². The van der Waals surface area contributed by atoms with E-state index in [4.69, 9.17) is 0 Å². The maximum absolute atomic E-state index is 12.9. The van der Waals surface area contributed by atoms with Crippen LogP contribution in [-0.4, -0.2) is 37.8 Å². The van der Waals surface area contributed by atoms with E-state index in [1.165, 1.54) is 4.31 Å². The minimum absolute atomic E-state index is 0.169. The molecule has 138 valence electrons. The van der Waals surface area contributed by atoms with E-state index in [0.29, 0.717) is 23.5 Å². The van der Waals surface area contributed by atoms with Crippen molar-refractivity contribution in [2.45, 2.75) is 37.6 Å². The second-order valence-corrected chi connectivity index (χ2v) is 8.62. The van der Waals surface area contributed by atoms with Crippen molar-refractivity contribution in [3.63, 3.8) is 0 Å². The normalized spacial score (nSPS) is 18.0. The van der Waals surface area contributed by atoms with Crippen LogP contribution in [-0.2, 0) is 10.0 Å². The molecule has 0 bridgehead atoms. The smallest absolute Gasteiger partial charge is 0.251 e. The van der Waals surface area contributed by atoms with E-state index in [2.05, 4.69) is 5.32 Å². The number of nitrogens with zero attached hydrogens (tertiary/aromatic N) is 1. The van der Waals surface area contributed by atoms with Gasteiger partial charge in [0.15, 0.2) is 0 Å². The summed E-state index contributed by atoms with van der Waals surface area (Å²) in [6.45, 7) is 4.78. The van der Waals surface area contributed by atoms with Crippen LogP contribution in [0, 0.1) is 13.8 Å². The van der Waals surface area contributed by atoms with Gasteiger partial charge in [-0.15, -0.1) is 0 Å². The molecule has 2 aromatic rings. The zero-order valence-electron chi connectivity index (χ0n) is 15.1. The number of amides is 1. The van der Waals surface area contributed by atoms with Gasteiger partial charge in [-0.05, 0) is 62.1 Å². The molecule has 0 spiro atoms. The Morgan fingerprint density at radius 3 is 2.54 bits per heavy atom. The van der Waals surface area contributed by atoms with E-state index in [1.807, 2.05) is 26.0 Å². The number of hydrogen-bond donors (Lipinski definition) is 1. The predicted octanol–water partition coefficient (Wildman–Crippen LogP) is 2.89. The van der Waals surface area contributed by atoms with Crippen LogP contribution >= 0.6 is 0 Å². The van der Waals surface area contributed by atoms with Crippen LogP contribution in [0.4, 0.5) is 0 Å². The summed E-state index contributed by atoms with van der Waals surface area (Å²) < 4.78 is 27.2. The van der Waals surface area contributed by atoms with E-state index in [1.54, 1.807) is 36.4 Å². The number of carbonyl (C=O) groups is 1. The molecule has 1 fully saturated rings. The molecular weight excluding hydrogens is 348 g/mol. The highest BCUT2D eigenvalue weighted by Crippen LogP contribution is 2.25. The van der Waals surface area contributed by atoms with Gasteiger partial charge in [0, 0.05) is 24.7 Å². The van der Waals surface area contributed by atoms with Crippen LogP contribution in [0.5, 0.6) is 0 Å². The number of benzene rings is 2. The van der Waals surface area contributed by atoms with Crippen molar-refractivity contribution in [1.82, 2.24) is 9.62 Å². The minimum Gasteiger partial charge on any atom is -0.350 e. The summed E-state index contributed by atoms with van der Waals surface area (Å²) in [5.41, 5.74) is 2.80. The topological polar surface area (TPSA) is 66.5 Å². The SMILES string of the molecule is Cc1ccc(C(=O)NC[C@H]2CCCN2S(=O)(=O)c2ccccc2)cc1C. The molecule has 1 aliphatic rings. The van der Waals surface area contributed by atoms with E-state index >= 15 is 0 Å². The Kier molecular flexibility index (Phi) is 5.44. The van der Waals surface area contributed by atoms with Gasteiger partial charge < -0.3 is 5.32 Å². The molecular formula is C20H24N2O3S. The summed E-state index contributed by atoms with van der Waals surface area (Å²) in [4.78, 5) is 12.7. The lowest BCUT2D eigenvalue weighted by atomic mass is 10.1. The second-order valence-electron chi connectivity index (χ2n) is 6.73. The van der Waals surface area contributed by atoms with E-state index < -0.39 is 10.0 Å². The fraction of sp³-hybridized carbons (Fsp3) is 0.350. The summed E-state index contributed by atoms with van der Waals surface area (Å²) in [6.07, 6.45) is 1.55. The molecule has 1 amide bonds. The van der Waals surface area contributed by atoms with Crippen LogP contribution in [0.1, 0.15) is 34.3 Å². The van der Waals surface area contributed by atoms with Gasteiger partial charge in [-0.1, -0.05) is 24.3 Å². The molecule has 26 heavy (non-hydrogen) atoms. The molecule has 1 saturated heterocycles. The summed E-state index contributed by atoms with van der Waals surface area (Å²) in [7, 11) is -3.53. The number of hydrogen-bond acceptors (Lipinski definition) is 3. The molecule has 1 aliphatic heterocycles. The van der Waals surface area contributed by atoms with Crippen LogP contribution < -0.4 is 5.32 Å². The molecule has 1 atom stereocenters. The number of aryl methyl sites for hydroxylation is 2. The average Bonchev–Trinajstić information content (AvgIpc) is 3.12. The van der Waals surface area contributed by atoms with Gasteiger partial charge in [0.1, 0.15) is 0 Å². The molecule has 6 heteroatoms. The Labute approximate surface area is 155 Å². The molecule has 0 unspecified atom stereocenters. The summed E-state index contributed by atoms with van der Waals surface area (Å²) in [5.74, 6) is -0.169. The molecule has 5 nitrogen and oxygen atoms in total. The van der Waals surface area contributed by atoms with Gasteiger partial charge >= 0.3 is 0 Å². The molecule has 3 rings (SSSR count). The molecule has 2 aromatic carbocycles. The van der Waals surface area contributed by atoms with Crippen molar-refractivity contribution < 1.29 is 13.2 Å². The summed E-state index contributed by atoms with van der Waals surface area (Å²) in [6, 6.07) is 13.8. The van der Waals surface area contributed by atoms with Gasteiger partial charge in [0.25, 0.3) is 5.91 Å². The first kappa shape index (κ1) is 18.6. The Balaban J connectivity index is 1.69. The van der Waals surface area contributed by atoms with Gasteiger partial charge in [-0.2, -0.15) is 4.31 Å². The Bertz CT molecular complexity index is 895. The largest absolute Gasteiger partial charge is 0.350 e. The first-order valence-corrected chi connectivity index (χ1v) is 10.3. The summed E-state index contributed by atoms with van der Waals surface area (Å²) >= 11 is 0. The van der Waals surface area contributed by atoms with Crippen molar-refractivity contribution in [3.8, 4) is 0 Å². The average molecular weight is 372 g/mol. The van der Waals surface area contributed by atoms with Crippen molar-refractivity contribution in [2.24, 2.45) is 0 Å². The zero-order valence-corrected chi connectivity index (χ0v) is 15.9. The van der Waals surface area contributed by atoms with Crippen molar-refractivity contribution in [1.29, 1.82) is 0 Å². The Morgan fingerprint density at radius 2 is 1.85 bits per heavy atom. The Morgan fingerprint density at radius 1 is 1.12 bits per heavy atom. The minimum atomic E-state index is -3.53. The third-order valence-electron chi connectivity index (χ3n) is 4.94. The van der Waals surface area contributed by atoms with Gasteiger partial charge in [-0.3, -0.25) is 4.79 Å². The first-order chi connectivity index (χ1) is 12.4. The maximum atomic E-state index is 12.9. The first-order valence-electron chi connectivity index (χ1n) is 8.82. The third-order valence-corrected chi connectivity index (χ3v) is 6.91. The molecule has 0 aromatic heterocycles. The second kappa shape index (κ2) is 7.60. The molecule has 0 saturated carbocycles. The number of rotatable bonds is 5. The molecule has 1 N–H and O–H groups in total. The number of sulfonamides is 1. The highest BCUT2D eigenvalue weighted by Gasteiger charge is 2.35. The van der Waals surface area contributed by atoms with E-state index in [9.17, 15) is 13.2 Å². The predicted molar refractivity (Wildman–Crippen MR) is 102 cm³/mol. The Hall–Kier alpha value is -2.18. The highest BCUT2D eigenvalue weighted by molar-refractivity contribution is 7.89. The number of carbonyl (C=O) groups excluding carboxylic acids is 1. The standard InChI is InChI=1S/C20H24N2O3S/c1-15-10-11-17(13-16(15)2)20(23)21-14-18-7-6-12-22(18)26(24,25)19-8-4-3-5-9-19/h3-5,8-11,13,18H,6-7,12,14H2,1-2H3,(H,21,23)/t18-/m1/s1. The van der Waals surface area contributed by atoms with Gasteiger partial charge in [0.05, 0.1) is 4.90 Å². The lowest BCUT2D eigenvalue weighted by Gasteiger charge is -2.24. The van der Waals surface area contributed by atoms with Crippen LogP contribution in [0.25, 0.3) is 0 Å². The highest BCUT2D eigenvalue weighted by atomic mass is 32.2. The quantitative estimate of drug-likeness (QED) is 0.878. The van der Waals surface area contributed by atoms with Crippen LogP contribution in [0.15, 0.2) is 53.4 Å². The van der Waals surface area contributed by atoms with E-state index in [-0.39, 0.29) is 11.9 Å². The van der Waals surface area contributed by atoms with Crippen LogP contribution in [0.3, 0.4) is 0 Å². The lowest BCUT2D eigenvalue weighted by Crippen LogP contribution is -2.43. The maximum Gasteiger partial charge on any atom is 0.251 e. The molecule has 1 heterocycles. The molecule has 0 radical (unpaired) electrons. The monoisotopic (exact) mass is 372 g/mol. The van der Waals surface area contributed by atoms with Crippen molar-refractivity contribution in [3.05, 3.63) is 65.2 Å². The van der Waals surface area contributed by atoms with Crippen LogP contribution in [0.2, 0.25) is 0 Å². The zero-order chi connectivity index (χ0) is 18.7. The fourth-order valence-electron chi connectivity index (χ4n) is 3.25. The van der Waals surface area contributed by atoms with E-state index in [0.717, 1.165) is 24.0 Å². The van der Waals surface area contributed by atoms with Gasteiger partial charge in [0.2, 0.25) is 10.0 Å². The lowest BCUT2D eigenvalue weighted by molar-refractivity contribution is 0.0946. The third kappa shape index (κ3) is 3.81.